The molecule has 0 saturated heterocycles. The van der Waals surface area contributed by atoms with Crippen LogP contribution in [-0.2, 0) is 6.54 Å². The third kappa shape index (κ3) is 3.55. The highest BCUT2D eigenvalue weighted by molar-refractivity contribution is 7.98. The second-order valence-corrected chi connectivity index (χ2v) is 4.90. The van der Waals surface area contributed by atoms with Gasteiger partial charge in [0.15, 0.2) is 0 Å². The molecule has 0 aliphatic carbocycles. The number of nitrogens with zero attached hydrogens (tertiary/aromatic N) is 2. The number of thioether (sulfide) groups is 1. The van der Waals surface area contributed by atoms with Crippen molar-refractivity contribution in [3.8, 4) is 6.07 Å². The fraction of sp³-hybridized carbons (Fsp3) is 0.462. The Hall–Kier alpha value is -0.980. The molecule has 0 radical (unpaired) electrons. The van der Waals surface area contributed by atoms with E-state index in [-0.39, 0.29) is 0 Å². The molecule has 86 valence electrons. The Kier molecular flexibility index (Phi) is 5.37. The Morgan fingerprint density at radius 1 is 1.44 bits per heavy atom. The molecule has 3 heteroatoms. The summed E-state index contributed by atoms with van der Waals surface area (Å²) < 4.78 is 0. The zero-order valence-corrected chi connectivity index (χ0v) is 10.9. The fourth-order valence-corrected chi connectivity index (χ4v) is 2.30. The van der Waals surface area contributed by atoms with E-state index in [1.54, 1.807) is 0 Å². The first kappa shape index (κ1) is 13.1. The molecule has 0 saturated carbocycles. The zero-order chi connectivity index (χ0) is 12.0. The molecule has 0 aromatic heterocycles. The van der Waals surface area contributed by atoms with Crippen LogP contribution < -0.4 is 0 Å². The van der Waals surface area contributed by atoms with Crippen molar-refractivity contribution in [1.29, 1.82) is 5.26 Å². The molecule has 2 nitrogen and oxygen atoms in total. The van der Waals surface area contributed by atoms with Crippen LogP contribution >= 0.6 is 11.8 Å². The summed E-state index contributed by atoms with van der Waals surface area (Å²) >= 11 is 1.85. The lowest BCUT2D eigenvalue weighted by molar-refractivity contribution is 0.269. The minimum atomic E-state index is 0.529. The monoisotopic (exact) mass is 234 g/mol. The van der Waals surface area contributed by atoms with E-state index in [2.05, 4.69) is 31.2 Å². The van der Waals surface area contributed by atoms with E-state index in [1.807, 2.05) is 36.0 Å². The van der Waals surface area contributed by atoms with E-state index in [4.69, 9.17) is 5.26 Å². The minimum Gasteiger partial charge on any atom is -0.299 e. The molecule has 1 unspecified atom stereocenters. The van der Waals surface area contributed by atoms with E-state index in [0.29, 0.717) is 6.04 Å². The van der Waals surface area contributed by atoms with Crippen LogP contribution in [0.1, 0.15) is 18.1 Å². The van der Waals surface area contributed by atoms with E-state index < -0.39 is 0 Å². The van der Waals surface area contributed by atoms with Crippen molar-refractivity contribution < 1.29 is 0 Å². The number of rotatable bonds is 5. The standard InChI is InChI=1S/C13H18N2S/c1-11(10-16-3)15(2)9-13-7-5-4-6-12(13)8-14/h4-7,11H,9-10H2,1-3H3. The van der Waals surface area contributed by atoms with Crippen molar-refractivity contribution in [2.24, 2.45) is 0 Å². The number of benzene rings is 1. The smallest absolute Gasteiger partial charge is 0.0995 e. The maximum absolute atomic E-state index is 9.00. The van der Waals surface area contributed by atoms with Gasteiger partial charge in [0.25, 0.3) is 0 Å². The molecule has 1 aromatic rings. The van der Waals surface area contributed by atoms with Crippen LogP contribution in [0.4, 0.5) is 0 Å². The molecule has 0 fully saturated rings. The van der Waals surface area contributed by atoms with Crippen molar-refractivity contribution in [3.05, 3.63) is 35.4 Å². The van der Waals surface area contributed by atoms with Gasteiger partial charge in [-0.1, -0.05) is 18.2 Å². The summed E-state index contributed by atoms with van der Waals surface area (Å²) in [5.74, 6) is 1.12. The van der Waals surface area contributed by atoms with E-state index >= 15 is 0 Å². The van der Waals surface area contributed by atoms with Gasteiger partial charge in [-0.25, -0.2) is 0 Å². The third-order valence-corrected chi connectivity index (χ3v) is 3.53. The van der Waals surface area contributed by atoms with Crippen LogP contribution in [0.25, 0.3) is 0 Å². The Morgan fingerprint density at radius 2 is 2.12 bits per heavy atom. The summed E-state index contributed by atoms with van der Waals surface area (Å²) in [5.41, 5.74) is 1.89. The summed E-state index contributed by atoms with van der Waals surface area (Å²) in [6, 6.07) is 10.6. The summed E-state index contributed by atoms with van der Waals surface area (Å²) in [6.45, 7) is 3.05. The lowest BCUT2D eigenvalue weighted by atomic mass is 10.1. The maximum Gasteiger partial charge on any atom is 0.0995 e. The van der Waals surface area contributed by atoms with Gasteiger partial charge in [0.2, 0.25) is 0 Å². The zero-order valence-electron chi connectivity index (χ0n) is 10.1. The molecule has 1 aromatic carbocycles. The average molecular weight is 234 g/mol. The largest absolute Gasteiger partial charge is 0.299 e. The highest BCUT2D eigenvalue weighted by Gasteiger charge is 2.10. The summed E-state index contributed by atoms with van der Waals surface area (Å²) in [5, 5.41) is 9.00. The molecule has 0 N–H and O–H groups in total. The molecule has 0 bridgehead atoms. The van der Waals surface area contributed by atoms with Crippen LogP contribution in [-0.4, -0.2) is 30.0 Å². The van der Waals surface area contributed by atoms with Crippen molar-refractivity contribution in [2.75, 3.05) is 19.1 Å². The number of hydrogen-bond acceptors (Lipinski definition) is 3. The van der Waals surface area contributed by atoms with Crippen molar-refractivity contribution in [1.82, 2.24) is 4.90 Å². The minimum absolute atomic E-state index is 0.529. The van der Waals surface area contributed by atoms with Crippen LogP contribution in [0, 0.1) is 11.3 Å². The van der Waals surface area contributed by atoms with Gasteiger partial charge in [-0.2, -0.15) is 17.0 Å². The van der Waals surface area contributed by atoms with E-state index in [9.17, 15) is 0 Å². The van der Waals surface area contributed by atoms with Crippen LogP contribution in [0.2, 0.25) is 0 Å². The lowest BCUT2D eigenvalue weighted by Gasteiger charge is -2.24. The molecule has 1 atom stereocenters. The highest BCUT2D eigenvalue weighted by Crippen LogP contribution is 2.12. The second kappa shape index (κ2) is 6.57. The van der Waals surface area contributed by atoms with Crippen molar-refractivity contribution >= 4 is 11.8 Å². The summed E-state index contributed by atoms with van der Waals surface area (Å²) in [7, 11) is 2.11. The second-order valence-electron chi connectivity index (χ2n) is 3.99. The van der Waals surface area contributed by atoms with E-state index in [0.717, 1.165) is 23.4 Å². The first-order valence-corrected chi connectivity index (χ1v) is 6.75. The van der Waals surface area contributed by atoms with Gasteiger partial charge in [-0.3, -0.25) is 4.90 Å². The molecule has 0 aliphatic heterocycles. The van der Waals surface area contributed by atoms with Crippen LogP contribution in [0.15, 0.2) is 24.3 Å². The van der Waals surface area contributed by atoms with Gasteiger partial charge in [-0.15, -0.1) is 0 Å². The van der Waals surface area contributed by atoms with Crippen molar-refractivity contribution in [2.45, 2.75) is 19.5 Å². The Morgan fingerprint density at radius 3 is 2.75 bits per heavy atom. The Bertz CT molecular complexity index is 370. The highest BCUT2D eigenvalue weighted by atomic mass is 32.2. The van der Waals surface area contributed by atoms with Gasteiger partial charge in [0.1, 0.15) is 0 Å². The first-order chi connectivity index (χ1) is 7.69. The molecule has 0 amide bonds. The topological polar surface area (TPSA) is 27.0 Å². The van der Waals surface area contributed by atoms with Gasteiger partial charge in [0.05, 0.1) is 11.6 Å². The molecule has 0 spiro atoms. The number of hydrogen-bond donors (Lipinski definition) is 0. The third-order valence-electron chi connectivity index (χ3n) is 2.72. The van der Waals surface area contributed by atoms with Crippen molar-refractivity contribution in [3.63, 3.8) is 0 Å². The first-order valence-electron chi connectivity index (χ1n) is 5.36. The molecule has 0 heterocycles. The van der Waals surface area contributed by atoms with Gasteiger partial charge in [0, 0.05) is 18.3 Å². The maximum atomic E-state index is 9.00. The van der Waals surface area contributed by atoms with Gasteiger partial charge >= 0.3 is 0 Å². The molecule has 0 aliphatic rings. The van der Waals surface area contributed by atoms with Crippen LogP contribution in [0.3, 0.4) is 0 Å². The summed E-state index contributed by atoms with van der Waals surface area (Å²) in [4.78, 5) is 2.28. The predicted molar refractivity (Wildman–Crippen MR) is 70.5 cm³/mol. The normalized spacial score (nSPS) is 12.4. The molecule has 1 rings (SSSR count). The van der Waals surface area contributed by atoms with Gasteiger partial charge in [-0.05, 0) is 31.9 Å². The van der Waals surface area contributed by atoms with E-state index in [1.165, 1.54) is 0 Å². The molecule has 16 heavy (non-hydrogen) atoms. The molecular weight excluding hydrogens is 216 g/mol. The molecular formula is C13H18N2S. The SMILES string of the molecule is CSCC(C)N(C)Cc1ccccc1C#N. The predicted octanol–water partition coefficient (Wildman–Crippen LogP) is 2.74. The van der Waals surface area contributed by atoms with Crippen LogP contribution in [0.5, 0.6) is 0 Å². The summed E-state index contributed by atoms with van der Waals surface area (Å²) in [6.07, 6.45) is 2.12. The van der Waals surface area contributed by atoms with Gasteiger partial charge < -0.3 is 0 Å². The average Bonchev–Trinajstić information content (AvgIpc) is 2.30. The quantitative estimate of drug-likeness (QED) is 0.784. The lowest BCUT2D eigenvalue weighted by Crippen LogP contribution is -2.30. The number of nitriles is 1. The Balaban J connectivity index is 2.69. The fourth-order valence-electron chi connectivity index (χ4n) is 1.56. The Labute approximate surface area is 102 Å².